The van der Waals surface area contributed by atoms with E-state index in [0.29, 0.717) is 24.5 Å². The molecule has 0 fully saturated rings. The van der Waals surface area contributed by atoms with Crippen LogP contribution in [-0.4, -0.2) is 25.5 Å². The smallest absolute Gasteiger partial charge is 0.222 e. The van der Waals surface area contributed by atoms with Gasteiger partial charge in [0.05, 0.1) is 24.0 Å². The van der Waals surface area contributed by atoms with Gasteiger partial charge in [-0.1, -0.05) is 11.6 Å². The van der Waals surface area contributed by atoms with Crippen LogP contribution in [0, 0.1) is 13.8 Å². The summed E-state index contributed by atoms with van der Waals surface area (Å²) in [5.41, 5.74) is 4.15. The summed E-state index contributed by atoms with van der Waals surface area (Å²) in [4.78, 5) is 12.2. The van der Waals surface area contributed by atoms with Crippen molar-refractivity contribution in [2.24, 2.45) is 0 Å². The maximum atomic E-state index is 12.2. The molecule has 0 aliphatic heterocycles. The number of hydrogen-bond donors (Lipinski definition) is 1. The number of rotatable bonds is 6. The monoisotopic (exact) mass is 359 g/mol. The first kappa shape index (κ1) is 17.5. The quantitative estimate of drug-likeness (QED) is 0.734. The maximum Gasteiger partial charge on any atom is 0.222 e. The molecule has 1 N–H and O–H groups in total. The van der Waals surface area contributed by atoms with Crippen LogP contribution < -0.4 is 5.32 Å². The van der Waals surface area contributed by atoms with Crippen molar-refractivity contribution in [3.8, 4) is 0 Å². The lowest BCUT2D eigenvalue weighted by atomic mass is 10.2. The summed E-state index contributed by atoms with van der Waals surface area (Å²) in [5, 5.41) is 13.5. The van der Waals surface area contributed by atoms with Crippen LogP contribution in [0.25, 0.3) is 10.9 Å². The van der Waals surface area contributed by atoms with Gasteiger partial charge in [-0.2, -0.15) is 10.2 Å². The SMILES string of the molecule is CCn1nc(C)c(CNC(=O)CCn2ncc3cc(Cl)ccc32)c1C. The number of fused-ring (bicyclic) bond motifs is 1. The van der Waals surface area contributed by atoms with E-state index in [1.165, 1.54) is 0 Å². The van der Waals surface area contributed by atoms with Gasteiger partial charge in [0.25, 0.3) is 0 Å². The summed E-state index contributed by atoms with van der Waals surface area (Å²) in [7, 11) is 0. The average Bonchev–Trinajstić information content (AvgIpc) is 3.11. The molecule has 132 valence electrons. The van der Waals surface area contributed by atoms with Crippen molar-refractivity contribution in [3.05, 3.63) is 46.4 Å². The minimum Gasteiger partial charge on any atom is -0.352 e. The zero-order valence-electron chi connectivity index (χ0n) is 14.7. The Morgan fingerprint density at radius 2 is 2.08 bits per heavy atom. The molecule has 0 spiro atoms. The van der Waals surface area contributed by atoms with Gasteiger partial charge in [0.15, 0.2) is 0 Å². The molecule has 0 atom stereocenters. The summed E-state index contributed by atoms with van der Waals surface area (Å²) in [6.45, 7) is 7.93. The van der Waals surface area contributed by atoms with Crippen molar-refractivity contribution in [2.45, 2.75) is 46.8 Å². The first-order chi connectivity index (χ1) is 12.0. The second kappa shape index (κ2) is 7.27. The molecule has 0 unspecified atom stereocenters. The molecule has 0 aliphatic carbocycles. The number of amides is 1. The van der Waals surface area contributed by atoms with E-state index >= 15 is 0 Å². The van der Waals surface area contributed by atoms with E-state index in [1.807, 2.05) is 41.4 Å². The molecule has 0 bridgehead atoms. The fourth-order valence-electron chi connectivity index (χ4n) is 3.02. The molecule has 0 saturated heterocycles. The van der Waals surface area contributed by atoms with Gasteiger partial charge >= 0.3 is 0 Å². The van der Waals surface area contributed by atoms with Crippen LogP contribution in [0.3, 0.4) is 0 Å². The zero-order valence-corrected chi connectivity index (χ0v) is 15.5. The highest BCUT2D eigenvalue weighted by Gasteiger charge is 2.12. The highest BCUT2D eigenvalue weighted by Crippen LogP contribution is 2.19. The standard InChI is InChI=1S/C18H22ClN5O/c1-4-23-13(3)16(12(2)22-23)11-20-18(25)7-8-24-17-6-5-15(19)9-14(17)10-21-24/h5-6,9-10H,4,7-8,11H2,1-3H3,(H,20,25). The third kappa shape index (κ3) is 3.69. The Hall–Kier alpha value is -2.34. The van der Waals surface area contributed by atoms with Crippen LogP contribution in [0.2, 0.25) is 5.02 Å². The number of hydrogen-bond acceptors (Lipinski definition) is 3. The molecule has 6 nitrogen and oxygen atoms in total. The molecule has 1 aromatic carbocycles. The van der Waals surface area contributed by atoms with Gasteiger partial charge in [0, 0.05) is 41.2 Å². The van der Waals surface area contributed by atoms with Gasteiger partial charge in [-0.25, -0.2) is 0 Å². The van der Waals surface area contributed by atoms with Crippen molar-refractivity contribution in [3.63, 3.8) is 0 Å². The second-order valence-electron chi connectivity index (χ2n) is 6.06. The number of halogens is 1. The lowest BCUT2D eigenvalue weighted by molar-refractivity contribution is -0.121. The predicted octanol–water partition coefficient (Wildman–Crippen LogP) is 3.23. The number of carbonyl (C=O) groups excluding carboxylic acids is 1. The van der Waals surface area contributed by atoms with Gasteiger partial charge in [0.1, 0.15) is 0 Å². The van der Waals surface area contributed by atoms with E-state index in [-0.39, 0.29) is 5.91 Å². The molecule has 0 aliphatic rings. The van der Waals surface area contributed by atoms with E-state index in [9.17, 15) is 4.79 Å². The van der Waals surface area contributed by atoms with Crippen LogP contribution in [-0.2, 0) is 24.4 Å². The van der Waals surface area contributed by atoms with Crippen LogP contribution >= 0.6 is 11.6 Å². The largest absolute Gasteiger partial charge is 0.352 e. The van der Waals surface area contributed by atoms with Crippen LogP contribution in [0.5, 0.6) is 0 Å². The molecule has 3 rings (SSSR count). The van der Waals surface area contributed by atoms with E-state index in [2.05, 4.69) is 22.4 Å². The highest BCUT2D eigenvalue weighted by molar-refractivity contribution is 6.31. The molecule has 2 heterocycles. The Balaban J connectivity index is 1.59. The second-order valence-corrected chi connectivity index (χ2v) is 6.50. The van der Waals surface area contributed by atoms with E-state index < -0.39 is 0 Å². The van der Waals surface area contributed by atoms with Crippen molar-refractivity contribution < 1.29 is 4.79 Å². The Morgan fingerprint density at radius 1 is 1.28 bits per heavy atom. The van der Waals surface area contributed by atoms with Gasteiger partial charge in [-0.15, -0.1) is 0 Å². The lowest BCUT2D eigenvalue weighted by Gasteiger charge is -2.07. The van der Waals surface area contributed by atoms with Gasteiger partial charge in [-0.3, -0.25) is 14.2 Å². The van der Waals surface area contributed by atoms with Crippen LogP contribution in [0.15, 0.2) is 24.4 Å². The minimum atomic E-state index is 0.000613. The molecular formula is C18H22ClN5O. The van der Waals surface area contributed by atoms with Crippen molar-refractivity contribution in [1.82, 2.24) is 24.9 Å². The summed E-state index contributed by atoms with van der Waals surface area (Å²) in [6.07, 6.45) is 2.14. The number of nitrogens with zero attached hydrogens (tertiary/aromatic N) is 4. The Morgan fingerprint density at radius 3 is 2.80 bits per heavy atom. The maximum absolute atomic E-state index is 12.2. The van der Waals surface area contributed by atoms with Crippen molar-refractivity contribution in [2.75, 3.05) is 0 Å². The lowest BCUT2D eigenvalue weighted by Crippen LogP contribution is -2.24. The summed E-state index contributed by atoms with van der Waals surface area (Å²) in [5.74, 6) is 0.000613. The van der Waals surface area contributed by atoms with Gasteiger partial charge < -0.3 is 5.32 Å². The van der Waals surface area contributed by atoms with E-state index in [1.54, 1.807) is 6.20 Å². The van der Waals surface area contributed by atoms with Gasteiger partial charge in [-0.05, 0) is 39.0 Å². The van der Waals surface area contributed by atoms with Crippen LogP contribution in [0.4, 0.5) is 0 Å². The first-order valence-corrected chi connectivity index (χ1v) is 8.78. The third-order valence-corrected chi connectivity index (χ3v) is 4.68. The number of aryl methyl sites for hydroxylation is 3. The Kier molecular flexibility index (Phi) is 5.08. The molecule has 7 heteroatoms. The van der Waals surface area contributed by atoms with E-state index in [4.69, 9.17) is 11.6 Å². The Bertz CT molecular complexity index is 912. The third-order valence-electron chi connectivity index (χ3n) is 4.45. The van der Waals surface area contributed by atoms with E-state index in [0.717, 1.165) is 34.4 Å². The normalized spacial score (nSPS) is 11.2. The van der Waals surface area contributed by atoms with Crippen LogP contribution in [0.1, 0.15) is 30.3 Å². The summed E-state index contributed by atoms with van der Waals surface area (Å²) in [6, 6.07) is 5.63. The topological polar surface area (TPSA) is 64.7 Å². The Labute approximate surface area is 151 Å². The number of aromatic nitrogens is 4. The molecule has 1 amide bonds. The molecule has 3 aromatic rings. The first-order valence-electron chi connectivity index (χ1n) is 8.40. The number of carbonyl (C=O) groups is 1. The minimum absolute atomic E-state index is 0.000613. The number of nitrogens with one attached hydrogen (secondary N) is 1. The molecule has 25 heavy (non-hydrogen) atoms. The zero-order chi connectivity index (χ0) is 18.0. The average molecular weight is 360 g/mol. The summed E-state index contributed by atoms with van der Waals surface area (Å²) >= 11 is 5.98. The summed E-state index contributed by atoms with van der Waals surface area (Å²) < 4.78 is 3.79. The number of benzene rings is 1. The predicted molar refractivity (Wildman–Crippen MR) is 98.6 cm³/mol. The van der Waals surface area contributed by atoms with Gasteiger partial charge in [0.2, 0.25) is 5.91 Å². The molecule has 2 aromatic heterocycles. The molecular weight excluding hydrogens is 338 g/mol. The van der Waals surface area contributed by atoms with Crippen molar-refractivity contribution >= 4 is 28.4 Å². The molecule has 0 saturated carbocycles. The molecule has 0 radical (unpaired) electrons. The fourth-order valence-corrected chi connectivity index (χ4v) is 3.20. The van der Waals surface area contributed by atoms with Crippen molar-refractivity contribution in [1.29, 1.82) is 0 Å². The highest BCUT2D eigenvalue weighted by atomic mass is 35.5. The fraction of sp³-hybridized carbons (Fsp3) is 0.389.